The summed E-state index contributed by atoms with van der Waals surface area (Å²) < 4.78 is 13.6. The van der Waals surface area contributed by atoms with Crippen LogP contribution in [0.4, 0.5) is 0 Å². The first-order chi connectivity index (χ1) is 19.0. The Morgan fingerprint density at radius 2 is 1.95 bits per heavy atom. The Kier molecular flexibility index (Phi) is 6.99. The fourth-order valence-electron chi connectivity index (χ4n) is 5.25. The van der Waals surface area contributed by atoms with Crippen LogP contribution in [-0.4, -0.2) is 59.6 Å². The van der Waals surface area contributed by atoms with Crippen LogP contribution >= 0.6 is 0 Å². The summed E-state index contributed by atoms with van der Waals surface area (Å²) in [5.41, 5.74) is 4.41. The molecule has 1 aromatic heterocycles. The SMILES string of the molecule is CCOc1cc2c(cc1CC(=O)NC)C(=N)N(CC(=O)c1cc3c(c(C(C)(C)C)c1)OCC(=O)c1cccn1-3)C2. The quantitative estimate of drug-likeness (QED) is 0.436. The van der Waals surface area contributed by atoms with Crippen LogP contribution in [0.2, 0.25) is 0 Å². The van der Waals surface area contributed by atoms with Gasteiger partial charge in [0.1, 0.15) is 17.3 Å². The minimum atomic E-state index is -0.353. The predicted octanol–water partition coefficient (Wildman–Crippen LogP) is 4.06. The van der Waals surface area contributed by atoms with E-state index in [0.717, 1.165) is 11.1 Å². The average Bonchev–Trinajstić information content (AvgIpc) is 3.48. The smallest absolute Gasteiger partial charge is 0.224 e. The number of hydrogen-bond donors (Lipinski definition) is 2. The zero-order valence-corrected chi connectivity index (χ0v) is 23.5. The van der Waals surface area contributed by atoms with Crippen molar-refractivity contribution in [1.82, 2.24) is 14.8 Å². The first-order valence-corrected chi connectivity index (χ1v) is 13.4. The van der Waals surface area contributed by atoms with E-state index < -0.39 is 0 Å². The molecule has 2 aliphatic rings. The number of carbonyl (C=O) groups excluding carboxylic acids is 3. The Balaban J connectivity index is 1.48. The molecule has 9 nitrogen and oxygen atoms in total. The van der Waals surface area contributed by atoms with E-state index in [1.54, 1.807) is 34.8 Å². The Morgan fingerprint density at radius 3 is 2.65 bits per heavy atom. The molecule has 0 bridgehead atoms. The van der Waals surface area contributed by atoms with Gasteiger partial charge in [-0.25, -0.2) is 0 Å². The summed E-state index contributed by atoms with van der Waals surface area (Å²) in [6, 6.07) is 10.9. The number of fused-ring (bicyclic) bond motifs is 4. The van der Waals surface area contributed by atoms with Crippen LogP contribution in [0.25, 0.3) is 5.69 Å². The Labute approximate surface area is 233 Å². The van der Waals surface area contributed by atoms with E-state index in [1.807, 2.05) is 52.0 Å². The Hall–Kier alpha value is -4.40. The van der Waals surface area contributed by atoms with Gasteiger partial charge in [0, 0.05) is 42.0 Å². The second kappa shape index (κ2) is 10.3. The lowest BCUT2D eigenvalue weighted by Crippen LogP contribution is -2.30. The van der Waals surface area contributed by atoms with Gasteiger partial charge in [-0.3, -0.25) is 19.8 Å². The van der Waals surface area contributed by atoms with Crippen LogP contribution in [0.1, 0.15) is 70.8 Å². The number of Topliss-reactive ketones (excluding diaryl/α,β-unsaturated/α-hetero) is 2. The van der Waals surface area contributed by atoms with Crippen LogP contribution in [0.3, 0.4) is 0 Å². The molecule has 2 aromatic carbocycles. The molecule has 0 aliphatic carbocycles. The largest absolute Gasteiger partial charge is 0.494 e. The van der Waals surface area contributed by atoms with Gasteiger partial charge in [-0.05, 0) is 54.3 Å². The molecule has 40 heavy (non-hydrogen) atoms. The Bertz CT molecular complexity index is 1550. The lowest BCUT2D eigenvalue weighted by Gasteiger charge is -2.25. The van der Waals surface area contributed by atoms with Crippen LogP contribution in [0.15, 0.2) is 42.6 Å². The number of ether oxygens (including phenoxy) is 2. The van der Waals surface area contributed by atoms with Crippen molar-refractivity contribution in [3.05, 3.63) is 76.1 Å². The van der Waals surface area contributed by atoms with Crippen molar-refractivity contribution in [2.45, 2.75) is 46.1 Å². The maximum atomic E-state index is 13.8. The highest BCUT2D eigenvalue weighted by Crippen LogP contribution is 2.40. The summed E-state index contributed by atoms with van der Waals surface area (Å²) in [4.78, 5) is 40.2. The molecule has 2 aliphatic heterocycles. The number of nitrogens with zero attached hydrogens (tertiary/aromatic N) is 2. The summed E-state index contributed by atoms with van der Waals surface area (Å²) in [5.74, 6) is 1.03. The van der Waals surface area contributed by atoms with Gasteiger partial charge in [0.25, 0.3) is 0 Å². The number of aromatic nitrogens is 1. The molecule has 1 amide bonds. The zero-order valence-electron chi connectivity index (χ0n) is 23.5. The number of benzene rings is 2. The van der Waals surface area contributed by atoms with Crippen molar-refractivity contribution in [3.63, 3.8) is 0 Å². The van der Waals surface area contributed by atoms with Crippen LogP contribution < -0.4 is 14.8 Å². The van der Waals surface area contributed by atoms with Crippen molar-refractivity contribution in [2.75, 3.05) is 26.8 Å². The molecule has 0 radical (unpaired) electrons. The van der Waals surface area contributed by atoms with Gasteiger partial charge in [-0.1, -0.05) is 20.8 Å². The molecule has 0 saturated heterocycles. The fraction of sp³-hybridized carbons (Fsp3) is 0.355. The summed E-state index contributed by atoms with van der Waals surface area (Å²) in [7, 11) is 1.58. The van der Waals surface area contributed by atoms with Crippen LogP contribution in [0.5, 0.6) is 11.5 Å². The summed E-state index contributed by atoms with van der Waals surface area (Å²) in [6.07, 6.45) is 1.95. The molecule has 0 fully saturated rings. The number of hydrogen-bond acceptors (Lipinski definition) is 6. The average molecular weight is 543 g/mol. The molecule has 208 valence electrons. The highest BCUT2D eigenvalue weighted by Gasteiger charge is 2.32. The number of ketones is 2. The fourth-order valence-corrected chi connectivity index (χ4v) is 5.25. The monoisotopic (exact) mass is 542 g/mol. The molecule has 0 saturated carbocycles. The number of nitrogens with one attached hydrogen (secondary N) is 2. The van der Waals surface area contributed by atoms with E-state index in [9.17, 15) is 14.4 Å². The van der Waals surface area contributed by atoms with Crippen LogP contribution in [0, 0.1) is 5.41 Å². The number of amides is 1. The van der Waals surface area contributed by atoms with Crippen LogP contribution in [-0.2, 0) is 23.2 Å². The van der Waals surface area contributed by atoms with Gasteiger partial charge in [-0.15, -0.1) is 0 Å². The van der Waals surface area contributed by atoms with Crippen molar-refractivity contribution < 1.29 is 23.9 Å². The van der Waals surface area contributed by atoms with E-state index in [2.05, 4.69) is 5.32 Å². The summed E-state index contributed by atoms with van der Waals surface area (Å²) >= 11 is 0. The van der Waals surface area contributed by atoms with Crippen molar-refractivity contribution in [3.8, 4) is 17.2 Å². The molecule has 5 rings (SSSR count). The second-order valence-electron chi connectivity index (χ2n) is 11.1. The lowest BCUT2D eigenvalue weighted by atomic mass is 9.84. The standard InChI is InChI=1S/C31H34N4O5/c1-6-39-27-13-20-15-34(30(32)21(20)10-19(27)14-28(38)33-5)16-25(36)18-11-22(31(2,3)4)29-24(12-18)35-9-7-8-23(35)26(37)17-40-29/h7-13,32H,6,14-17H2,1-5H3,(H,33,38). The maximum absolute atomic E-state index is 13.8. The van der Waals surface area contributed by atoms with Gasteiger partial charge in [0.15, 0.2) is 12.4 Å². The minimum Gasteiger partial charge on any atom is -0.494 e. The third kappa shape index (κ3) is 4.87. The highest BCUT2D eigenvalue weighted by molar-refractivity contribution is 6.06. The Morgan fingerprint density at radius 1 is 1.18 bits per heavy atom. The van der Waals surface area contributed by atoms with E-state index in [1.165, 1.54) is 0 Å². The van der Waals surface area contributed by atoms with E-state index in [4.69, 9.17) is 14.9 Å². The van der Waals surface area contributed by atoms with Crippen molar-refractivity contribution in [1.29, 1.82) is 5.41 Å². The molecule has 0 unspecified atom stereocenters. The maximum Gasteiger partial charge on any atom is 0.224 e. The van der Waals surface area contributed by atoms with Crippen molar-refractivity contribution >= 4 is 23.3 Å². The molecular weight excluding hydrogens is 508 g/mol. The molecule has 2 N–H and O–H groups in total. The van der Waals surface area contributed by atoms with E-state index in [0.29, 0.717) is 52.7 Å². The third-order valence-corrected chi connectivity index (χ3v) is 7.32. The number of rotatable bonds is 7. The number of likely N-dealkylation sites (N-methyl/N-ethyl adjacent to an activating group) is 1. The van der Waals surface area contributed by atoms with Crippen molar-refractivity contribution in [2.24, 2.45) is 0 Å². The zero-order chi connectivity index (χ0) is 28.8. The van der Waals surface area contributed by atoms with Gasteiger partial charge in [0.2, 0.25) is 11.7 Å². The third-order valence-electron chi connectivity index (χ3n) is 7.32. The highest BCUT2D eigenvalue weighted by atomic mass is 16.5. The minimum absolute atomic E-state index is 0.00293. The van der Waals surface area contributed by atoms with Gasteiger partial charge in [0.05, 0.1) is 31.0 Å². The molecule has 0 atom stereocenters. The summed E-state index contributed by atoms with van der Waals surface area (Å²) in [5, 5.41) is 11.5. The van der Waals surface area contributed by atoms with Gasteiger partial charge >= 0.3 is 0 Å². The second-order valence-corrected chi connectivity index (χ2v) is 11.1. The first kappa shape index (κ1) is 27.2. The topological polar surface area (TPSA) is 114 Å². The molecular formula is C31H34N4O5. The number of carbonyl (C=O) groups is 3. The molecule has 3 aromatic rings. The van der Waals surface area contributed by atoms with E-state index >= 15 is 0 Å². The van der Waals surface area contributed by atoms with E-state index in [-0.39, 0.29) is 48.3 Å². The van der Waals surface area contributed by atoms with Gasteiger partial charge < -0.3 is 24.3 Å². The molecule has 9 heteroatoms. The normalized spacial score (nSPS) is 14.2. The summed E-state index contributed by atoms with van der Waals surface area (Å²) in [6.45, 7) is 8.79. The van der Waals surface area contributed by atoms with Gasteiger partial charge in [-0.2, -0.15) is 0 Å². The molecule has 0 spiro atoms. The lowest BCUT2D eigenvalue weighted by molar-refractivity contribution is -0.120. The predicted molar refractivity (Wildman–Crippen MR) is 151 cm³/mol. The molecule has 3 heterocycles. The number of amidine groups is 1. The first-order valence-electron chi connectivity index (χ1n) is 13.4.